The molecule has 33 heavy (non-hydrogen) atoms. The Morgan fingerprint density at radius 1 is 1.15 bits per heavy atom. The maximum Gasteiger partial charge on any atom is 0.259 e. The lowest BCUT2D eigenvalue weighted by Crippen LogP contribution is -2.47. The van der Waals surface area contributed by atoms with E-state index >= 15 is 0 Å². The van der Waals surface area contributed by atoms with Gasteiger partial charge in [-0.2, -0.15) is 11.3 Å². The van der Waals surface area contributed by atoms with E-state index in [1.807, 2.05) is 53.2 Å². The molecule has 6 nitrogen and oxygen atoms in total. The van der Waals surface area contributed by atoms with Gasteiger partial charge in [-0.25, -0.2) is 0 Å². The molecule has 2 amide bonds. The Labute approximate surface area is 197 Å². The molecule has 0 saturated carbocycles. The van der Waals surface area contributed by atoms with E-state index in [9.17, 15) is 9.59 Å². The number of ether oxygens (including phenoxy) is 2. The van der Waals surface area contributed by atoms with Gasteiger partial charge in [0.05, 0.1) is 12.0 Å². The predicted octanol–water partition coefficient (Wildman–Crippen LogP) is 5.12. The van der Waals surface area contributed by atoms with E-state index in [2.05, 4.69) is 19.2 Å². The molecule has 2 atom stereocenters. The molecule has 0 bridgehead atoms. The molecule has 2 aliphatic rings. The van der Waals surface area contributed by atoms with Crippen molar-refractivity contribution >= 4 is 28.8 Å². The van der Waals surface area contributed by atoms with Crippen molar-refractivity contribution in [2.45, 2.75) is 32.2 Å². The van der Waals surface area contributed by atoms with Crippen LogP contribution in [-0.4, -0.2) is 25.2 Å². The standard InChI is InChI=1S/C26H26N2O4S/c1-16(2)9-11-27-25(29)23-19-5-3-4-6-20(19)26(30)28(24(23)17-10-12-33-14-17)18-7-8-21-22(13-18)32-15-31-21/h3-8,10,12-14,16,23-24H,9,11,15H2,1-2H3,(H,27,29)/t23-,24-/m0/s1. The molecule has 0 spiro atoms. The first kappa shape index (κ1) is 21.5. The van der Waals surface area contributed by atoms with E-state index in [1.165, 1.54) is 0 Å². The maximum atomic E-state index is 13.8. The number of fused-ring (bicyclic) bond motifs is 2. The van der Waals surface area contributed by atoms with Crippen LogP contribution < -0.4 is 19.7 Å². The van der Waals surface area contributed by atoms with Crippen molar-refractivity contribution in [3.05, 3.63) is 76.0 Å². The Morgan fingerprint density at radius 2 is 1.97 bits per heavy atom. The molecule has 170 valence electrons. The highest BCUT2D eigenvalue weighted by molar-refractivity contribution is 7.08. The van der Waals surface area contributed by atoms with Crippen LogP contribution in [0.5, 0.6) is 11.5 Å². The van der Waals surface area contributed by atoms with Crippen molar-refractivity contribution in [1.29, 1.82) is 0 Å². The summed E-state index contributed by atoms with van der Waals surface area (Å²) in [5.41, 5.74) is 2.92. The molecule has 3 aromatic rings. The largest absolute Gasteiger partial charge is 0.454 e. The first-order valence-corrected chi connectivity index (χ1v) is 12.1. The minimum absolute atomic E-state index is 0.0717. The van der Waals surface area contributed by atoms with Crippen molar-refractivity contribution in [3.8, 4) is 11.5 Å². The average molecular weight is 463 g/mol. The number of carbonyl (C=O) groups excluding carboxylic acids is 2. The van der Waals surface area contributed by atoms with Gasteiger partial charge in [0.25, 0.3) is 5.91 Å². The van der Waals surface area contributed by atoms with Gasteiger partial charge in [-0.05, 0) is 58.5 Å². The molecule has 5 rings (SSSR count). The summed E-state index contributed by atoms with van der Waals surface area (Å²) in [5.74, 6) is 0.999. The van der Waals surface area contributed by atoms with Gasteiger partial charge < -0.3 is 14.8 Å². The third kappa shape index (κ3) is 3.97. The van der Waals surface area contributed by atoms with Gasteiger partial charge in [0.2, 0.25) is 12.7 Å². The van der Waals surface area contributed by atoms with Crippen LogP contribution in [0.3, 0.4) is 0 Å². The lowest BCUT2D eigenvalue weighted by Gasteiger charge is -2.41. The summed E-state index contributed by atoms with van der Waals surface area (Å²) in [5, 5.41) is 7.12. The van der Waals surface area contributed by atoms with E-state index in [4.69, 9.17) is 9.47 Å². The molecule has 0 radical (unpaired) electrons. The number of rotatable bonds is 6. The van der Waals surface area contributed by atoms with Crippen molar-refractivity contribution in [3.63, 3.8) is 0 Å². The molecule has 3 heterocycles. The molecule has 1 N–H and O–H groups in total. The SMILES string of the molecule is CC(C)CCNC(=O)[C@H]1c2ccccc2C(=O)N(c2ccc3c(c2)OCO3)[C@H]1c1ccsc1. The van der Waals surface area contributed by atoms with Crippen LogP contribution in [0.2, 0.25) is 0 Å². The summed E-state index contributed by atoms with van der Waals surface area (Å²) < 4.78 is 11.0. The number of thiophene rings is 1. The summed E-state index contributed by atoms with van der Waals surface area (Å²) >= 11 is 1.55. The second-order valence-electron chi connectivity index (χ2n) is 8.75. The fraction of sp³-hybridized carbons (Fsp3) is 0.308. The third-order valence-electron chi connectivity index (χ3n) is 6.16. The van der Waals surface area contributed by atoms with Crippen molar-refractivity contribution in [1.82, 2.24) is 5.32 Å². The Balaban J connectivity index is 1.62. The van der Waals surface area contributed by atoms with Gasteiger partial charge in [0.1, 0.15) is 0 Å². The molecular formula is C26H26N2O4S. The zero-order chi connectivity index (χ0) is 22.9. The van der Waals surface area contributed by atoms with Crippen molar-refractivity contribution in [2.75, 3.05) is 18.2 Å². The van der Waals surface area contributed by atoms with Crippen LogP contribution in [-0.2, 0) is 4.79 Å². The van der Waals surface area contributed by atoms with Crippen LogP contribution in [0.4, 0.5) is 5.69 Å². The normalized spacial score (nSPS) is 19.0. The number of nitrogens with zero attached hydrogens (tertiary/aromatic N) is 1. The van der Waals surface area contributed by atoms with Crippen LogP contribution in [0.25, 0.3) is 0 Å². The minimum Gasteiger partial charge on any atom is -0.454 e. The van der Waals surface area contributed by atoms with Crippen LogP contribution in [0, 0.1) is 5.92 Å². The zero-order valence-electron chi connectivity index (χ0n) is 18.6. The van der Waals surface area contributed by atoms with Gasteiger partial charge in [-0.15, -0.1) is 0 Å². The van der Waals surface area contributed by atoms with Crippen molar-refractivity contribution in [2.24, 2.45) is 5.92 Å². The van der Waals surface area contributed by atoms with E-state index in [0.717, 1.165) is 17.5 Å². The van der Waals surface area contributed by atoms with Gasteiger partial charge in [0.15, 0.2) is 11.5 Å². The summed E-state index contributed by atoms with van der Waals surface area (Å²) in [6.07, 6.45) is 0.897. The lowest BCUT2D eigenvalue weighted by atomic mass is 9.79. The fourth-order valence-electron chi connectivity index (χ4n) is 4.51. The highest BCUT2D eigenvalue weighted by Crippen LogP contribution is 2.47. The number of amides is 2. The van der Waals surface area contributed by atoms with Gasteiger partial charge in [0, 0.05) is 23.9 Å². The van der Waals surface area contributed by atoms with Gasteiger partial charge >= 0.3 is 0 Å². The number of nitrogens with one attached hydrogen (secondary N) is 1. The number of hydrogen-bond acceptors (Lipinski definition) is 5. The monoisotopic (exact) mass is 462 g/mol. The van der Waals surface area contributed by atoms with Crippen LogP contribution >= 0.6 is 11.3 Å². The Morgan fingerprint density at radius 3 is 2.76 bits per heavy atom. The molecule has 0 unspecified atom stereocenters. The highest BCUT2D eigenvalue weighted by Gasteiger charge is 2.45. The number of hydrogen-bond donors (Lipinski definition) is 1. The first-order valence-electron chi connectivity index (χ1n) is 11.2. The molecule has 2 aromatic carbocycles. The smallest absolute Gasteiger partial charge is 0.259 e. The molecule has 2 aliphatic heterocycles. The van der Waals surface area contributed by atoms with Crippen molar-refractivity contribution < 1.29 is 19.1 Å². The van der Waals surface area contributed by atoms with Gasteiger partial charge in [-0.1, -0.05) is 32.0 Å². The number of anilines is 1. The highest BCUT2D eigenvalue weighted by atomic mass is 32.1. The summed E-state index contributed by atoms with van der Waals surface area (Å²) in [7, 11) is 0. The first-order chi connectivity index (χ1) is 16.0. The molecule has 0 aliphatic carbocycles. The van der Waals surface area contributed by atoms with Crippen LogP contribution in [0.15, 0.2) is 59.3 Å². The second-order valence-corrected chi connectivity index (χ2v) is 9.53. The van der Waals surface area contributed by atoms with Crippen LogP contribution in [0.1, 0.15) is 53.7 Å². The van der Waals surface area contributed by atoms with E-state index in [0.29, 0.717) is 35.2 Å². The topological polar surface area (TPSA) is 67.9 Å². The zero-order valence-corrected chi connectivity index (χ0v) is 19.4. The predicted molar refractivity (Wildman–Crippen MR) is 128 cm³/mol. The Kier molecular flexibility index (Phi) is 5.81. The Bertz CT molecular complexity index is 1170. The molecule has 0 fully saturated rings. The number of carbonyl (C=O) groups is 2. The quantitative estimate of drug-likeness (QED) is 0.552. The summed E-state index contributed by atoms with van der Waals surface area (Å²) in [6, 6.07) is 14.4. The average Bonchev–Trinajstić information content (AvgIpc) is 3.50. The molecule has 7 heteroatoms. The molecule has 1 aromatic heterocycles. The lowest BCUT2D eigenvalue weighted by molar-refractivity contribution is -0.123. The maximum absolute atomic E-state index is 13.8. The molecule has 0 saturated heterocycles. The van der Waals surface area contributed by atoms with Gasteiger partial charge in [-0.3, -0.25) is 14.5 Å². The molecular weight excluding hydrogens is 436 g/mol. The Hall–Kier alpha value is -3.32. The minimum atomic E-state index is -0.536. The third-order valence-corrected chi connectivity index (χ3v) is 6.86. The van der Waals surface area contributed by atoms with E-state index in [-0.39, 0.29) is 18.6 Å². The van der Waals surface area contributed by atoms with E-state index in [1.54, 1.807) is 22.3 Å². The summed E-state index contributed by atoms with van der Waals surface area (Å²) in [6.45, 7) is 5.03. The van der Waals surface area contributed by atoms with E-state index < -0.39 is 12.0 Å². The second kappa shape index (κ2) is 8.90. The number of benzene rings is 2. The fourth-order valence-corrected chi connectivity index (χ4v) is 5.20. The summed E-state index contributed by atoms with van der Waals surface area (Å²) in [4.78, 5) is 29.2.